The molecule has 31 heavy (non-hydrogen) atoms. The first-order valence-corrected chi connectivity index (χ1v) is 11.7. The summed E-state index contributed by atoms with van der Waals surface area (Å²) in [7, 11) is -3.43. The minimum atomic E-state index is -3.43. The van der Waals surface area contributed by atoms with E-state index < -0.39 is 12.5 Å². The molecule has 3 rings (SSSR count). The monoisotopic (exact) mass is 446 g/mol. The first kappa shape index (κ1) is 22.7. The van der Waals surface area contributed by atoms with Crippen molar-refractivity contribution in [2.24, 2.45) is 0 Å². The second kappa shape index (κ2) is 9.85. The smallest absolute Gasteiger partial charge is 0.379 e. The minimum Gasteiger partial charge on any atom is -0.424 e. The van der Waals surface area contributed by atoms with E-state index in [9.17, 15) is 24.3 Å². The zero-order valence-electron chi connectivity index (χ0n) is 17.1. The Labute approximate surface area is 179 Å². The fraction of sp³-hybridized carbons (Fsp3) is 0.333. The van der Waals surface area contributed by atoms with Gasteiger partial charge in [-0.3, -0.25) is 24.6 Å². The summed E-state index contributed by atoms with van der Waals surface area (Å²) in [5.74, 6) is -0.349. The lowest BCUT2D eigenvalue weighted by Gasteiger charge is -2.19. The summed E-state index contributed by atoms with van der Waals surface area (Å²) in [5.41, 5.74) is 0.751. The molecule has 1 atom stereocenters. The van der Waals surface area contributed by atoms with Gasteiger partial charge in [-0.05, 0) is 44.0 Å². The average molecular weight is 446 g/mol. The summed E-state index contributed by atoms with van der Waals surface area (Å²) in [6, 6.07) is 12.0. The summed E-state index contributed by atoms with van der Waals surface area (Å²) in [6.45, 7) is 2.18. The number of hydrogen-bond acceptors (Lipinski definition) is 7. The fourth-order valence-corrected chi connectivity index (χ4v) is 5.04. The highest BCUT2D eigenvalue weighted by Gasteiger charge is 2.34. The van der Waals surface area contributed by atoms with E-state index in [0.717, 1.165) is 0 Å². The third-order valence-corrected chi connectivity index (χ3v) is 6.81. The highest BCUT2D eigenvalue weighted by atomic mass is 31.2. The predicted octanol–water partition coefficient (Wildman–Crippen LogP) is 4.67. The number of imide groups is 1. The van der Waals surface area contributed by atoms with Gasteiger partial charge in [0.15, 0.2) is 0 Å². The Balaban J connectivity index is 1.49. The maximum absolute atomic E-state index is 13.0. The largest absolute Gasteiger partial charge is 0.424 e. The zero-order valence-corrected chi connectivity index (χ0v) is 18.0. The first-order valence-electron chi connectivity index (χ1n) is 9.97. The maximum Gasteiger partial charge on any atom is 0.379 e. The topological polar surface area (TPSA) is 116 Å². The van der Waals surface area contributed by atoms with E-state index in [4.69, 9.17) is 9.05 Å². The summed E-state index contributed by atoms with van der Waals surface area (Å²) >= 11 is 0. The Morgan fingerprint density at radius 3 is 2.13 bits per heavy atom. The molecule has 0 aromatic heterocycles. The van der Waals surface area contributed by atoms with Gasteiger partial charge in [0, 0.05) is 18.7 Å². The van der Waals surface area contributed by atoms with Crippen LogP contribution in [0.25, 0.3) is 0 Å². The van der Waals surface area contributed by atoms with Crippen molar-refractivity contribution in [2.45, 2.75) is 26.2 Å². The second-order valence-corrected chi connectivity index (χ2v) is 9.07. The highest BCUT2D eigenvalue weighted by molar-refractivity contribution is 7.54. The molecule has 164 valence electrons. The van der Waals surface area contributed by atoms with Gasteiger partial charge < -0.3 is 9.05 Å². The number of unbranched alkanes of at least 4 members (excludes halogenated alkanes) is 2. The number of benzene rings is 2. The van der Waals surface area contributed by atoms with Gasteiger partial charge in [-0.2, -0.15) is 0 Å². The van der Waals surface area contributed by atoms with Crippen LogP contribution in [-0.2, 0) is 9.09 Å². The quantitative estimate of drug-likeness (QED) is 0.162. The number of hydrogen-bond donors (Lipinski definition) is 0. The van der Waals surface area contributed by atoms with Gasteiger partial charge in [0.1, 0.15) is 5.75 Å². The Hall–Kier alpha value is -3.03. The van der Waals surface area contributed by atoms with Crippen LogP contribution >= 0.6 is 7.60 Å². The van der Waals surface area contributed by atoms with Gasteiger partial charge in [-0.1, -0.05) is 18.6 Å². The van der Waals surface area contributed by atoms with E-state index in [0.29, 0.717) is 30.4 Å². The molecule has 0 N–H and O–H groups in total. The number of nitrogens with zero attached hydrogens (tertiary/aromatic N) is 2. The van der Waals surface area contributed by atoms with Gasteiger partial charge in [-0.25, -0.2) is 4.57 Å². The van der Waals surface area contributed by atoms with Crippen molar-refractivity contribution in [1.29, 1.82) is 0 Å². The van der Waals surface area contributed by atoms with E-state index in [-0.39, 0.29) is 42.6 Å². The summed E-state index contributed by atoms with van der Waals surface area (Å²) in [6.07, 6.45) is 1.84. The predicted molar refractivity (Wildman–Crippen MR) is 113 cm³/mol. The van der Waals surface area contributed by atoms with Crippen molar-refractivity contribution in [3.8, 4) is 5.75 Å². The normalized spacial score (nSPS) is 14.9. The number of carbonyl (C=O) groups is 2. The third-order valence-electron chi connectivity index (χ3n) is 4.81. The molecule has 0 radical (unpaired) electrons. The van der Waals surface area contributed by atoms with Crippen molar-refractivity contribution >= 4 is 25.1 Å². The molecule has 1 unspecified atom stereocenters. The fourth-order valence-electron chi connectivity index (χ4n) is 3.32. The molecule has 9 nitrogen and oxygen atoms in total. The molecule has 1 aliphatic rings. The number of carbonyl (C=O) groups excluding carboxylic acids is 2. The summed E-state index contributed by atoms with van der Waals surface area (Å²) in [5, 5.41) is 10.7. The number of non-ortho nitro benzene ring substituents is 1. The Morgan fingerprint density at radius 1 is 0.968 bits per heavy atom. The minimum absolute atomic E-state index is 0.0910. The van der Waals surface area contributed by atoms with Crippen LogP contribution in [0.4, 0.5) is 5.69 Å². The maximum atomic E-state index is 13.0. The lowest BCUT2D eigenvalue weighted by Crippen LogP contribution is -2.30. The number of nitro groups is 1. The van der Waals surface area contributed by atoms with Crippen LogP contribution in [0.5, 0.6) is 5.75 Å². The highest BCUT2D eigenvalue weighted by Crippen LogP contribution is 2.49. The number of nitro benzene ring substituents is 1. The molecule has 1 heterocycles. The number of rotatable bonds is 11. The van der Waals surface area contributed by atoms with Crippen LogP contribution < -0.4 is 4.52 Å². The Bertz CT molecular complexity index is 988. The van der Waals surface area contributed by atoms with Crippen LogP contribution in [0.3, 0.4) is 0 Å². The van der Waals surface area contributed by atoms with Crippen LogP contribution in [0, 0.1) is 10.1 Å². The van der Waals surface area contributed by atoms with Crippen molar-refractivity contribution in [1.82, 2.24) is 4.90 Å². The van der Waals surface area contributed by atoms with Gasteiger partial charge in [-0.15, -0.1) is 0 Å². The molecule has 0 saturated heterocycles. The second-order valence-electron chi connectivity index (χ2n) is 6.96. The Kier molecular flexibility index (Phi) is 7.20. The van der Waals surface area contributed by atoms with Crippen LogP contribution in [0.1, 0.15) is 46.9 Å². The molecule has 1 aliphatic heterocycles. The molecule has 10 heteroatoms. The molecule has 0 fully saturated rings. The van der Waals surface area contributed by atoms with Gasteiger partial charge >= 0.3 is 7.60 Å². The molecular formula is C21H23N2O7P. The lowest BCUT2D eigenvalue weighted by molar-refractivity contribution is -0.384. The van der Waals surface area contributed by atoms with E-state index in [1.165, 1.54) is 29.2 Å². The van der Waals surface area contributed by atoms with E-state index in [2.05, 4.69) is 0 Å². The molecule has 2 aromatic rings. The molecule has 2 amide bonds. The van der Waals surface area contributed by atoms with Gasteiger partial charge in [0.25, 0.3) is 17.5 Å². The third kappa shape index (κ3) is 5.37. The standard InChI is InChI=1S/C21H23N2O7P/c1-2-29-31(28,30-17-12-10-16(11-13-17)23(26)27)15-7-3-6-14-22-20(24)18-8-4-5-9-19(18)21(22)25/h4-5,8-13H,2-3,6-7,14-15H2,1H3. The van der Waals surface area contributed by atoms with Gasteiger partial charge in [0.2, 0.25) is 0 Å². The number of fused-ring (bicyclic) bond motifs is 1. The van der Waals surface area contributed by atoms with Crippen molar-refractivity contribution in [3.63, 3.8) is 0 Å². The van der Waals surface area contributed by atoms with Crippen LogP contribution in [0.15, 0.2) is 48.5 Å². The van der Waals surface area contributed by atoms with Crippen molar-refractivity contribution in [2.75, 3.05) is 19.3 Å². The van der Waals surface area contributed by atoms with E-state index in [1.54, 1.807) is 31.2 Å². The molecule has 2 aromatic carbocycles. The van der Waals surface area contributed by atoms with Crippen molar-refractivity contribution < 1.29 is 28.1 Å². The molecule has 0 bridgehead atoms. The van der Waals surface area contributed by atoms with Crippen LogP contribution in [0.2, 0.25) is 0 Å². The first-order chi connectivity index (χ1) is 14.8. The Morgan fingerprint density at radius 2 is 1.58 bits per heavy atom. The van der Waals surface area contributed by atoms with E-state index >= 15 is 0 Å². The van der Waals surface area contributed by atoms with E-state index in [1.807, 2.05) is 0 Å². The summed E-state index contributed by atoms with van der Waals surface area (Å²) in [4.78, 5) is 36.2. The van der Waals surface area contributed by atoms with Gasteiger partial charge in [0.05, 0.1) is 28.8 Å². The van der Waals surface area contributed by atoms with Crippen LogP contribution in [-0.4, -0.2) is 41.0 Å². The molecule has 0 aliphatic carbocycles. The average Bonchev–Trinajstić information content (AvgIpc) is 2.99. The zero-order chi connectivity index (χ0) is 22.4. The molecular weight excluding hydrogens is 423 g/mol. The van der Waals surface area contributed by atoms with Crippen molar-refractivity contribution in [3.05, 3.63) is 69.8 Å². The summed E-state index contributed by atoms with van der Waals surface area (Å²) < 4.78 is 23.9. The molecule has 0 saturated carbocycles. The number of amides is 2. The SMILES string of the molecule is CCOP(=O)(CCCCCN1C(=O)c2ccccc2C1=O)Oc1ccc([N+](=O)[O-])cc1. The molecule has 0 spiro atoms. The lowest BCUT2D eigenvalue weighted by atomic mass is 10.1.